The normalized spacial score (nSPS) is 14.7. The van der Waals surface area contributed by atoms with Crippen molar-refractivity contribution < 1.29 is 46.8 Å². The molecule has 290 valence electrons. The fraction of sp³-hybridized carbons (Fsp3) is 0.0962. The average Bonchev–Trinajstić information content (AvgIpc) is 3.90. The number of pyridine rings is 2. The van der Waals surface area contributed by atoms with Gasteiger partial charge in [0.15, 0.2) is 0 Å². The first kappa shape index (κ1) is 26.4. The summed E-state index contributed by atoms with van der Waals surface area (Å²) in [7, 11) is 0. The molecule has 0 aliphatic heterocycles. The molecule has 7 heteroatoms. The predicted octanol–water partition coefficient (Wildman–Crippen LogP) is 11.9. The standard InChI is InChI=1S/C52H39N5O.Pt/c1-52(2,3)34-36-28-30-53-49(31-36)57-48-33-41(26-27-44(48)45-23-14-29-54-51(45)57)58-40-20-12-19-39(32-40)55-35-56(47-25-11-10-24-46(47)55)50-42(37-15-6-4-7-16-37)21-13-22-43(50)38-17-8-5-9-18-38;/h4-31H,34H2,1-3H3;/q-2;/i4D,5D,6D,7D,8D,9D,15D,16D,17D,18D,34D2;. The molecule has 0 amide bonds. The van der Waals surface area contributed by atoms with Crippen molar-refractivity contribution in [1.29, 1.82) is 0 Å². The summed E-state index contributed by atoms with van der Waals surface area (Å²) < 4.78 is 116. The second kappa shape index (κ2) is 15.6. The van der Waals surface area contributed by atoms with Gasteiger partial charge in [-0.15, -0.1) is 29.7 Å². The molecule has 4 aromatic heterocycles. The summed E-state index contributed by atoms with van der Waals surface area (Å²) in [6, 6.07) is 29.4. The van der Waals surface area contributed by atoms with Crippen LogP contribution in [0.25, 0.3) is 72.4 Å². The molecule has 10 aromatic rings. The molecule has 59 heavy (non-hydrogen) atoms. The second-order valence-electron chi connectivity index (χ2n) is 14.5. The molecule has 10 rings (SSSR count). The Morgan fingerprint density at radius 1 is 0.712 bits per heavy atom. The molecular formula is C52H39N5OPt-2. The van der Waals surface area contributed by atoms with Gasteiger partial charge in [-0.1, -0.05) is 135 Å². The number of aromatic nitrogens is 5. The van der Waals surface area contributed by atoms with Gasteiger partial charge >= 0.3 is 0 Å². The van der Waals surface area contributed by atoms with Crippen molar-refractivity contribution in [2.45, 2.75) is 27.1 Å². The maximum Gasteiger partial charge on any atom is 0.268 e. The second-order valence-corrected chi connectivity index (χ2v) is 14.5. The van der Waals surface area contributed by atoms with Crippen molar-refractivity contribution in [3.8, 4) is 50.9 Å². The van der Waals surface area contributed by atoms with E-state index in [0.29, 0.717) is 50.8 Å². The molecule has 0 aliphatic rings. The first-order chi connectivity index (χ1) is 33.3. The molecule has 0 aliphatic carbocycles. The Morgan fingerprint density at radius 2 is 1.42 bits per heavy atom. The molecule has 0 unspecified atom stereocenters. The van der Waals surface area contributed by atoms with Crippen LogP contribution in [0.1, 0.15) is 42.8 Å². The van der Waals surface area contributed by atoms with Crippen molar-refractivity contribution in [1.82, 2.24) is 19.1 Å². The van der Waals surface area contributed by atoms with E-state index < -0.39 is 72.2 Å². The van der Waals surface area contributed by atoms with Gasteiger partial charge in [0.1, 0.15) is 11.5 Å². The van der Waals surface area contributed by atoms with E-state index in [4.69, 9.17) is 26.2 Å². The van der Waals surface area contributed by atoms with Crippen LogP contribution in [0, 0.1) is 23.9 Å². The Balaban J connectivity index is 0.00000624. The Labute approximate surface area is 375 Å². The quantitative estimate of drug-likeness (QED) is 0.113. The summed E-state index contributed by atoms with van der Waals surface area (Å²) in [4.78, 5) is 9.36. The van der Waals surface area contributed by atoms with Gasteiger partial charge in [-0.2, -0.15) is 18.2 Å². The zero-order valence-corrected chi connectivity index (χ0v) is 34.1. The van der Waals surface area contributed by atoms with E-state index in [1.54, 1.807) is 88.3 Å². The molecule has 0 saturated heterocycles. The smallest absolute Gasteiger partial charge is 0.268 e. The SMILES string of the molecule is [2H]c1c([2H])c([2H])c(-c2cccc(-c3c([2H])c([2H])c([2H])c([2H])c3[2H])c2-[n+]2[c-]n(-c3[c-]c(Oc4[c-]c5c(cc4)c4cccnc4n5-c4cc(C([2H])([2H])C(C)(C)C)ccn4)ccc3)c3ccccc32)c([2H])c1[2H].[Pt]. The van der Waals surface area contributed by atoms with E-state index in [2.05, 4.69) is 23.4 Å². The van der Waals surface area contributed by atoms with Gasteiger partial charge in [-0.25, -0.2) is 9.97 Å². The first-order valence-electron chi connectivity index (χ1n) is 24.5. The van der Waals surface area contributed by atoms with Crippen LogP contribution in [0.2, 0.25) is 0 Å². The van der Waals surface area contributed by atoms with Crippen LogP contribution in [0.3, 0.4) is 0 Å². The maximum atomic E-state index is 8.99. The number of hydrogen-bond acceptors (Lipinski definition) is 3. The zero-order chi connectivity index (χ0) is 49.7. The number of benzene rings is 6. The van der Waals surface area contributed by atoms with Crippen LogP contribution in [0.15, 0.2) is 170 Å². The fourth-order valence-electron chi connectivity index (χ4n) is 7.19. The largest absolute Gasteiger partial charge is 0.510 e. The first-order valence-corrected chi connectivity index (χ1v) is 18.5. The number of para-hydroxylation sites is 3. The fourth-order valence-corrected chi connectivity index (χ4v) is 7.19. The van der Waals surface area contributed by atoms with Gasteiger partial charge in [-0.3, -0.25) is 4.57 Å². The molecule has 4 heterocycles. The van der Waals surface area contributed by atoms with Gasteiger partial charge in [0.25, 0.3) is 6.33 Å². The number of hydrogen-bond donors (Lipinski definition) is 0. The number of imidazole rings is 1. The molecule has 6 nitrogen and oxygen atoms in total. The Hall–Kier alpha value is -6.62. The molecule has 0 N–H and O–H groups in total. The van der Waals surface area contributed by atoms with E-state index in [1.807, 2.05) is 55.7 Å². The van der Waals surface area contributed by atoms with E-state index in [-0.39, 0.29) is 49.0 Å². The number of nitrogens with zero attached hydrogens (tertiary/aromatic N) is 5. The third kappa shape index (κ3) is 7.26. The van der Waals surface area contributed by atoms with E-state index in [0.717, 1.165) is 10.8 Å². The number of rotatable bonds is 8. The summed E-state index contributed by atoms with van der Waals surface area (Å²) in [6.07, 6.45) is 4.96. The molecular weight excluding hydrogens is 906 g/mol. The molecule has 0 fully saturated rings. The van der Waals surface area contributed by atoms with Gasteiger partial charge in [0.05, 0.1) is 30.4 Å². The summed E-state index contributed by atoms with van der Waals surface area (Å²) in [5.41, 5.74) is 2.57. The van der Waals surface area contributed by atoms with Crippen LogP contribution in [-0.2, 0) is 27.4 Å². The summed E-state index contributed by atoms with van der Waals surface area (Å²) in [6.45, 7) is 5.56. The van der Waals surface area contributed by atoms with E-state index in [9.17, 15) is 0 Å². The Morgan fingerprint density at radius 3 is 2.17 bits per heavy atom. The summed E-state index contributed by atoms with van der Waals surface area (Å²) in [5, 5.41) is 1.66. The minimum absolute atomic E-state index is 0. The maximum absolute atomic E-state index is 8.99. The summed E-state index contributed by atoms with van der Waals surface area (Å²) in [5.74, 6) is 1.08. The van der Waals surface area contributed by atoms with Gasteiger partial charge in [0, 0.05) is 47.7 Å². The van der Waals surface area contributed by atoms with E-state index >= 15 is 0 Å². The van der Waals surface area contributed by atoms with Crippen LogP contribution < -0.4 is 9.30 Å². The minimum Gasteiger partial charge on any atom is -0.510 e. The third-order valence-electron chi connectivity index (χ3n) is 9.48. The van der Waals surface area contributed by atoms with Crippen molar-refractivity contribution >= 4 is 33.0 Å². The molecule has 0 spiro atoms. The molecule has 0 atom stereocenters. The van der Waals surface area contributed by atoms with E-state index in [1.165, 1.54) is 0 Å². The number of fused-ring (bicyclic) bond motifs is 4. The van der Waals surface area contributed by atoms with Crippen LogP contribution >= 0.6 is 0 Å². The molecule has 6 aromatic carbocycles. The Kier molecular flexibility index (Phi) is 6.99. The van der Waals surface area contributed by atoms with Crippen LogP contribution in [-0.4, -0.2) is 19.1 Å². The van der Waals surface area contributed by atoms with Crippen molar-refractivity contribution in [3.63, 3.8) is 0 Å². The topological polar surface area (TPSA) is 48.8 Å². The number of ether oxygens (including phenoxy) is 1. The van der Waals surface area contributed by atoms with Gasteiger partial charge in [-0.05, 0) is 68.9 Å². The zero-order valence-electron chi connectivity index (χ0n) is 43.9. The Bertz CT molecular complexity index is 3670. The van der Waals surface area contributed by atoms with Crippen LogP contribution in [0.4, 0.5) is 0 Å². The van der Waals surface area contributed by atoms with Crippen LogP contribution in [0.5, 0.6) is 11.5 Å². The average molecular weight is 957 g/mol. The third-order valence-corrected chi connectivity index (χ3v) is 9.48. The van der Waals surface area contributed by atoms with Crippen molar-refractivity contribution in [2.24, 2.45) is 5.41 Å². The van der Waals surface area contributed by atoms with Gasteiger partial charge < -0.3 is 13.9 Å². The minimum atomic E-state index is -1.68. The molecule has 0 saturated carbocycles. The van der Waals surface area contributed by atoms with Crippen molar-refractivity contribution in [2.75, 3.05) is 0 Å². The monoisotopic (exact) mass is 956 g/mol. The molecule has 0 bridgehead atoms. The molecule has 0 radical (unpaired) electrons. The summed E-state index contributed by atoms with van der Waals surface area (Å²) >= 11 is 0. The van der Waals surface area contributed by atoms with Gasteiger partial charge in [0.2, 0.25) is 0 Å². The predicted molar refractivity (Wildman–Crippen MR) is 232 cm³/mol. The van der Waals surface area contributed by atoms with Crippen molar-refractivity contribution in [3.05, 3.63) is 194 Å².